The van der Waals surface area contributed by atoms with E-state index in [2.05, 4.69) is 0 Å². The number of para-hydroxylation sites is 1. The highest BCUT2D eigenvalue weighted by Crippen LogP contribution is 2.39. The first-order valence-corrected chi connectivity index (χ1v) is 13.7. The van der Waals surface area contributed by atoms with Gasteiger partial charge in [0.15, 0.2) is 16.7 Å². The number of hydrogen-bond donors (Lipinski definition) is 0. The molecule has 2 aliphatic rings. The topological polar surface area (TPSA) is 94.3 Å². The molecule has 1 aliphatic heterocycles. The SMILES string of the molecule is COc1cc(/C=C2\SC(=Nc3ccccc3)N(C3CCCCC3)C2=O)ccc1OCc1ccc([N+](=O)[O-])cc1. The van der Waals surface area contributed by atoms with Crippen LogP contribution in [0, 0.1) is 10.1 Å². The van der Waals surface area contributed by atoms with Crippen LogP contribution in [0.15, 0.2) is 82.7 Å². The predicted molar refractivity (Wildman–Crippen MR) is 153 cm³/mol. The van der Waals surface area contributed by atoms with E-state index in [4.69, 9.17) is 14.5 Å². The van der Waals surface area contributed by atoms with E-state index >= 15 is 0 Å². The molecule has 0 aromatic heterocycles. The van der Waals surface area contributed by atoms with Gasteiger partial charge in [-0.15, -0.1) is 0 Å². The van der Waals surface area contributed by atoms with Crippen LogP contribution in [-0.2, 0) is 11.4 Å². The molecular weight excluding hydrogens is 514 g/mol. The Morgan fingerprint density at radius 3 is 2.46 bits per heavy atom. The zero-order valence-corrected chi connectivity index (χ0v) is 22.4. The number of thioether (sulfide) groups is 1. The minimum Gasteiger partial charge on any atom is -0.493 e. The van der Waals surface area contributed by atoms with Gasteiger partial charge in [-0.3, -0.25) is 19.8 Å². The molecule has 0 atom stereocenters. The Morgan fingerprint density at radius 1 is 1.03 bits per heavy atom. The van der Waals surface area contributed by atoms with E-state index in [1.807, 2.05) is 53.4 Å². The fraction of sp³-hybridized carbons (Fsp3) is 0.267. The Hall–Kier alpha value is -4.11. The summed E-state index contributed by atoms with van der Waals surface area (Å²) in [6, 6.07) is 21.6. The summed E-state index contributed by atoms with van der Waals surface area (Å²) in [6.45, 7) is 0.235. The number of nitro groups is 1. The predicted octanol–water partition coefficient (Wildman–Crippen LogP) is 7.12. The maximum absolute atomic E-state index is 13.6. The number of nitrogens with zero attached hydrogens (tertiary/aromatic N) is 3. The second kappa shape index (κ2) is 12.2. The summed E-state index contributed by atoms with van der Waals surface area (Å²) >= 11 is 1.41. The number of hydrogen-bond acceptors (Lipinski definition) is 7. The standard InChI is InChI=1S/C30H29N3O5S/c1-37-27-18-22(14-17-26(27)38-20-21-12-15-25(16-13-21)33(35)36)19-28-29(34)32(24-10-6-3-7-11-24)30(39-28)31-23-8-4-2-5-9-23/h2,4-5,8-9,12-19,24H,3,6-7,10-11,20H2,1H3/b28-19-,31-30?. The van der Waals surface area contributed by atoms with E-state index < -0.39 is 4.92 Å². The van der Waals surface area contributed by atoms with E-state index in [1.54, 1.807) is 25.3 Å². The highest BCUT2D eigenvalue weighted by molar-refractivity contribution is 8.18. The molecule has 0 radical (unpaired) electrons. The van der Waals surface area contributed by atoms with Crippen LogP contribution in [0.3, 0.4) is 0 Å². The van der Waals surface area contributed by atoms with Crippen LogP contribution in [-0.4, -0.2) is 34.0 Å². The molecule has 0 unspecified atom stereocenters. The average molecular weight is 544 g/mol. The van der Waals surface area contributed by atoms with E-state index in [0.29, 0.717) is 16.4 Å². The van der Waals surface area contributed by atoms with Crippen molar-refractivity contribution in [3.05, 3.63) is 98.9 Å². The van der Waals surface area contributed by atoms with Gasteiger partial charge in [0.25, 0.3) is 11.6 Å². The Balaban J connectivity index is 1.36. The number of amidine groups is 1. The minimum atomic E-state index is -0.431. The molecule has 1 heterocycles. The largest absolute Gasteiger partial charge is 0.493 e. The Kier molecular flexibility index (Phi) is 8.27. The van der Waals surface area contributed by atoms with Crippen molar-refractivity contribution in [2.45, 2.75) is 44.8 Å². The van der Waals surface area contributed by atoms with Crippen molar-refractivity contribution >= 4 is 40.3 Å². The van der Waals surface area contributed by atoms with Crippen LogP contribution in [0.1, 0.15) is 43.2 Å². The Morgan fingerprint density at radius 2 is 1.77 bits per heavy atom. The molecule has 0 spiro atoms. The number of ether oxygens (including phenoxy) is 2. The number of non-ortho nitro benzene ring substituents is 1. The quantitative estimate of drug-likeness (QED) is 0.171. The van der Waals surface area contributed by atoms with Crippen molar-refractivity contribution in [2.24, 2.45) is 4.99 Å². The van der Waals surface area contributed by atoms with Gasteiger partial charge in [-0.1, -0.05) is 43.5 Å². The fourth-order valence-electron chi connectivity index (χ4n) is 4.76. The van der Waals surface area contributed by atoms with Crippen LogP contribution in [0.25, 0.3) is 6.08 Å². The van der Waals surface area contributed by atoms with E-state index in [1.165, 1.54) is 30.3 Å². The summed E-state index contributed by atoms with van der Waals surface area (Å²) < 4.78 is 11.5. The molecular formula is C30H29N3O5S. The number of carbonyl (C=O) groups is 1. The lowest BCUT2D eigenvalue weighted by atomic mass is 9.94. The number of aliphatic imine (C=N–C) groups is 1. The fourth-order valence-corrected chi connectivity index (χ4v) is 5.82. The number of rotatable bonds is 8. The summed E-state index contributed by atoms with van der Waals surface area (Å²) in [5.74, 6) is 1.06. The Bertz CT molecular complexity index is 1400. The second-order valence-corrected chi connectivity index (χ2v) is 10.4. The average Bonchev–Trinajstić information content (AvgIpc) is 3.27. The molecule has 1 saturated heterocycles. The number of benzene rings is 3. The monoisotopic (exact) mass is 543 g/mol. The third-order valence-corrected chi connectivity index (χ3v) is 7.77. The molecule has 3 aromatic rings. The third-order valence-electron chi connectivity index (χ3n) is 6.78. The van der Waals surface area contributed by atoms with Crippen LogP contribution in [0.2, 0.25) is 0 Å². The number of carbonyl (C=O) groups excluding carboxylic acids is 1. The lowest BCUT2D eigenvalue weighted by Gasteiger charge is -2.30. The summed E-state index contributed by atoms with van der Waals surface area (Å²) in [5.41, 5.74) is 2.47. The van der Waals surface area contributed by atoms with E-state index in [0.717, 1.165) is 47.7 Å². The molecule has 39 heavy (non-hydrogen) atoms. The van der Waals surface area contributed by atoms with Gasteiger partial charge in [0, 0.05) is 18.2 Å². The maximum Gasteiger partial charge on any atom is 0.269 e. The van der Waals surface area contributed by atoms with Gasteiger partial charge in [0.1, 0.15) is 6.61 Å². The second-order valence-electron chi connectivity index (χ2n) is 9.43. The van der Waals surface area contributed by atoms with Gasteiger partial charge >= 0.3 is 0 Å². The number of methoxy groups -OCH3 is 1. The van der Waals surface area contributed by atoms with Crippen molar-refractivity contribution in [1.82, 2.24) is 4.90 Å². The summed E-state index contributed by atoms with van der Waals surface area (Å²) in [7, 11) is 1.57. The molecule has 5 rings (SSSR count). The molecule has 8 nitrogen and oxygen atoms in total. The molecule has 9 heteroatoms. The van der Waals surface area contributed by atoms with Gasteiger partial charge in [-0.2, -0.15) is 0 Å². The molecule has 2 fully saturated rings. The van der Waals surface area contributed by atoms with Gasteiger partial charge in [0.2, 0.25) is 0 Å². The highest BCUT2D eigenvalue weighted by atomic mass is 32.2. The molecule has 1 saturated carbocycles. The van der Waals surface area contributed by atoms with Gasteiger partial charge in [-0.25, -0.2) is 4.99 Å². The zero-order valence-electron chi connectivity index (χ0n) is 21.6. The molecule has 0 bridgehead atoms. The lowest BCUT2D eigenvalue weighted by molar-refractivity contribution is -0.384. The van der Waals surface area contributed by atoms with Crippen LogP contribution >= 0.6 is 11.8 Å². The van der Waals surface area contributed by atoms with Crippen molar-refractivity contribution in [2.75, 3.05) is 7.11 Å². The first-order chi connectivity index (χ1) is 19.0. The molecule has 1 aliphatic carbocycles. The zero-order chi connectivity index (χ0) is 27.2. The van der Waals surface area contributed by atoms with Gasteiger partial charge < -0.3 is 9.47 Å². The lowest BCUT2D eigenvalue weighted by Crippen LogP contribution is -2.40. The number of amides is 1. The first-order valence-electron chi connectivity index (χ1n) is 12.9. The van der Waals surface area contributed by atoms with Crippen molar-refractivity contribution in [3.8, 4) is 11.5 Å². The normalized spacial score (nSPS) is 18.1. The summed E-state index contributed by atoms with van der Waals surface area (Å²) in [6.07, 6.45) is 7.30. The molecule has 200 valence electrons. The van der Waals surface area contributed by atoms with Crippen LogP contribution in [0.5, 0.6) is 11.5 Å². The van der Waals surface area contributed by atoms with E-state index in [-0.39, 0.29) is 24.2 Å². The maximum atomic E-state index is 13.6. The smallest absolute Gasteiger partial charge is 0.269 e. The molecule has 0 N–H and O–H groups in total. The van der Waals surface area contributed by atoms with E-state index in [9.17, 15) is 14.9 Å². The Labute approximate surface area is 231 Å². The molecule has 1 amide bonds. The van der Waals surface area contributed by atoms with Crippen LogP contribution < -0.4 is 9.47 Å². The number of nitro benzene ring substituents is 1. The summed E-state index contributed by atoms with van der Waals surface area (Å²) in [5, 5.41) is 11.6. The first kappa shape index (κ1) is 26.5. The summed E-state index contributed by atoms with van der Waals surface area (Å²) in [4.78, 5) is 31.4. The van der Waals surface area contributed by atoms with Crippen molar-refractivity contribution in [1.29, 1.82) is 0 Å². The van der Waals surface area contributed by atoms with Crippen molar-refractivity contribution in [3.63, 3.8) is 0 Å². The van der Waals surface area contributed by atoms with Crippen molar-refractivity contribution < 1.29 is 19.2 Å². The van der Waals surface area contributed by atoms with Crippen LogP contribution in [0.4, 0.5) is 11.4 Å². The minimum absolute atomic E-state index is 0.0148. The highest BCUT2D eigenvalue weighted by Gasteiger charge is 2.38. The van der Waals surface area contributed by atoms with Gasteiger partial charge in [0.05, 0.1) is 22.6 Å². The van der Waals surface area contributed by atoms with Gasteiger partial charge in [-0.05, 0) is 78.2 Å². The third kappa shape index (κ3) is 6.31. The molecule has 3 aromatic carbocycles.